The topological polar surface area (TPSA) is 101 Å². The number of thioether (sulfide) groups is 1. The second-order valence-electron chi connectivity index (χ2n) is 6.88. The van der Waals surface area contributed by atoms with E-state index in [2.05, 4.69) is 10.3 Å². The van der Waals surface area contributed by atoms with Crippen LogP contribution in [0.3, 0.4) is 0 Å². The van der Waals surface area contributed by atoms with Gasteiger partial charge in [-0.1, -0.05) is 35.0 Å². The lowest BCUT2D eigenvalue weighted by Gasteiger charge is -2.37. The van der Waals surface area contributed by atoms with Crippen molar-refractivity contribution in [1.82, 2.24) is 14.6 Å². The summed E-state index contributed by atoms with van der Waals surface area (Å²) in [6.45, 7) is 1.05. The van der Waals surface area contributed by atoms with Crippen LogP contribution in [0, 0.1) is 11.3 Å². The van der Waals surface area contributed by atoms with E-state index in [1.165, 1.54) is 17.8 Å². The van der Waals surface area contributed by atoms with Crippen LogP contribution in [-0.4, -0.2) is 56.8 Å². The molecule has 1 amide bonds. The third-order valence-electron chi connectivity index (χ3n) is 4.92. The molecule has 0 aliphatic carbocycles. The van der Waals surface area contributed by atoms with Crippen LogP contribution < -0.4 is 5.32 Å². The molecule has 3 heterocycles. The van der Waals surface area contributed by atoms with Crippen molar-refractivity contribution >= 4 is 52.2 Å². The summed E-state index contributed by atoms with van der Waals surface area (Å²) >= 11 is 12.1. The molecule has 2 fully saturated rings. The zero-order chi connectivity index (χ0) is 21.3. The van der Waals surface area contributed by atoms with E-state index in [-0.39, 0.29) is 22.8 Å². The number of nitrogens with one attached hydrogen (secondary N) is 1. The number of nitriles is 1. The van der Waals surface area contributed by atoms with Crippen molar-refractivity contribution in [2.45, 2.75) is 20.8 Å². The molecule has 3 atom stereocenters. The highest BCUT2D eigenvalue weighted by Crippen LogP contribution is 2.41. The lowest BCUT2D eigenvalue weighted by atomic mass is 10.0. The normalized spacial score (nSPS) is 25.1. The first kappa shape index (κ1) is 21.7. The molecule has 1 spiro atoms. The summed E-state index contributed by atoms with van der Waals surface area (Å²) in [6, 6.07) is 10.3. The monoisotopic (exact) mass is 482 g/mol. The molecule has 7 nitrogen and oxygen atoms in total. The van der Waals surface area contributed by atoms with Gasteiger partial charge in [-0.15, -0.1) is 4.31 Å². The van der Waals surface area contributed by atoms with Crippen molar-refractivity contribution < 1.29 is 14.1 Å². The highest BCUT2D eigenvalue weighted by Gasteiger charge is 2.54. The molecule has 1 N–H and O–H groups in total. The fraction of sp³-hybridized carbons (Fsp3) is 0.316. The minimum atomic E-state index is -1.55. The average molecular weight is 483 g/mol. The number of amides is 1. The first-order valence-electron chi connectivity index (χ1n) is 8.95. The Morgan fingerprint density at radius 1 is 1.40 bits per heavy atom. The smallest absolute Gasteiger partial charge is 0.246 e. The van der Waals surface area contributed by atoms with Crippen LogP contribution in [0.5, 0.6) is 0 Å². The van der Waals surface area contributed by atoms with Gasteiger partial charge in [0.25, 0.3) is 0 Å². The highest BCUT2D eigenvalue weighted by atomic mass is 35.5. The molecule has 0 radical (unpaired) electrons. The number of pyridine rings is 1. The number of hydrogen-bond donors (Lipinski definition) is 1. The number of carbonyl (C=O) groups is 1. The van der Waals surface area contributed by atoms with E-state index >= 15 is 0 Å². The number of nitrogens with zero attached hydrogens (tertiary/aromatic N) is 3. The van der Waals surface area contributed by atoms with E-state index in [0.717, 1.165) is 5.03 Å². The Bertz CT molecular complexity index is 992. The van der Waals surface area contributed by atoms with Crippen LogP contribution in [0.4, 0.5) is 0 Å². The van der Waals surface area contributed by atoms with Crippen LogP contribution in [0.1, 0.15) is 5.56 Å². The van der Waals surface area contributed by atoms with Crippen molar-refractivity contribution in [2.24, 2.45) is 0 Å². The number of benzene rings is 1. The minimum Gasteiger partial charge on any atom is -0.593 e. The molecule has 11 heteroatoms. The van der Waals surface area contributed by atoms with Crippen molar-refractivity contribution in [3.8, 4) is 6.07 Å². The highest BCUT2D eigenvalue weighted by molar-refractivity contribution is 8.00. The molecular formula is C19H16Cl2N4O3S2. The quantitative estimate of drug-likeness (QED) is 0.668. The van der Waals surface area contributed by atoms with E-state index in [1.54, 1.807) is 28.7 Å². The summed E-state index contributed by atoms with van der Waals surface area (Å²) in [4.78, 5) is 16.4. The minimum absolute atomic E-state index is 0.0524. The lowest BCUT2D eigenvalue weighted by Crippen LogP contribution is -2.58. The summed E-state index contributed by atoms with van der Waals surface area (Å²) in [5.74, 6) is -0.177. The largest absolute Gasteiger partial charge is 0.593 e. The lowest BCUT2D eigenvalue weighted by molar-refractivity contribution is -0.141. The Kier molecular flexibility index (Phi) is 6.46. The molecule has 1 unspecified atom stereocenters. The molecule has 2 aromatic rings. The molecular weight excluding hydrogens is 467 g/mol. The number of ether oxygens (including phenoxy) is 1. The van der Waals surface area contributed by atoms with E-state index in [4.69, 9.17) is 33.2 Å². The molecule has 30 heavy (non-hydrogen) atoms. The predicted octanol–water partition coefficient (Wildman–Crippen LogP) is 2.64. The summed E-state index contributed by atoms with van der Waals surface area (Å²) in [5.41, 5.74) is -0.312. The van der Waals surface area contributed by atoms with Crippen molar-refractivity contribution in [1.29, 1.82) is 5.26 Å². The van der Waals surface area contributed by atoms with Crippen LogP contribution in [0.2, 0.25) is 10.0 Å². The number of aromatic nitrogens is 1. The van der Waals surface area contributed by atoms with E-state index in [1.807, 2.05) is 12.1 Å². The maximum atomic E-state index is 13.3. The van der Waals surface area contributed by atoms with Gasteiger partial charge in [0.15, 0.2) is 4.90 Å². The van der Waals surface area contributed by atoms with Crippen molar-refractivity contribution in [2.75, 3.05) is 26.2 Å². The summed E-state index contributed by atoms with van der Waals surface area (Å²) in [5, 5.41) is 13.3. The van der Waals surface area contributed by atoms with Gasteiger partial charge in [0.1, 0.15) is 12.2 Å². The SMILES string of the molecule is N#Cc1ccc([S+]([O-])N2C[C@H](Sc3ccc(Cl)cn3)[C@@]3(CNC(=O)CO3)C2)c(Cl)c1. The van der Waals surface area contributed by atoms with Gasteiger partial charge in [-0.05, 0) is 30.3 Å². The molecule has 0 saturated carbocycles. The Balaban J connectivity index is 1.59. The molecule has 1 aromatic carbocycles. The van der Waals surface area contributed by atoms with E-state index in [9.17, 15) is 9.35 Å². The molecule has 1 aromatic heterocycles. The Hall–Kier alpha value is -1.51. The van der Waals surface area contributed by atoms with Crippen molar-refractivity contribution in [3.05, 3.63) is 52.1 Å². The molecule has 2 aliphatic heterocycles. The first-order valence-corrected chi connectivity index (χ1v) is 11.7. The molecule has 0 bridgehead atoms. The Labute approximate surface area is 191 Å². The van der Waals surface area contributed by atoms with Gasteiger partial charge in [-0.3, -0.25) is 4.79 Å². The number of hydrogen-bond acceptors (Lipinski definition) is 7. The standard InChI is InChI=1S/C19H16Cl2N4O3S2/c20-13-2-4-18(23-7-13)29-16-8-25(11-19(16)10-24-17(26)9-28-19)30(27)15-3-1-12(6-22)5-14(15)21/h1-5,7,16H,8-11H2,(H,24,26)/t16-,19+,30?/m0/s1. The van der Waals surface area contributed by atoms with Crippen molar-refractivity contribution in [3.63, 3.8) is 0 Å². The third-order valence-corrected chi connectivity index (χ3v) is 8.40. The molecule has 4 rings (SSSR count). The van der Waals surface area contributed by atoms with E-state index in [0.29, 0.717) is 35.1 Å². The fourth-order valence-corrected chi connectivity index (χ4v) is 6.52. The maximum Gasteiger partial charge on any atom is 0.246 e. The van der Waals surface area contributed by atoms with Gasteiger partial charge >= 0.3 is 0 Å². The van der Waals surface area contributed by atoms with Gasteiger partial charge in [-0.2, -0.15) is 5.26 Å². The zero-order valence-corrected chi connectivity index (χ0v) is 18.7. The number of carbonyl (C=O) groups excluding carboxylic acids is 1. The van der Waals surface area contributed by atoms with Crippen LogP contribution in [0.15, 0.2) is 46.5 Å². The van der Waals surface area contributed by atoms with Gasteiger partial charge in [-0.25, -0.2) is 4.98 Å². The van der Waals surface area contributed by atoms with Gasteiger partial charge in [0, 0.05) is 12.7 Å². The molecule has 2 saturated heterocycles. The zero-order valence-electron chi connectivity index (χ0n) is 15.5. The second-order valence-corrected chi connectivity index (χ2v) is 10.4. The Morgan fingerprint density at radius 3 is 2.87 bits per heavy atom. The van der Waals surface area contributed by atoms with Gasteiger partial charge in [0.2, 0.25) is 5.91 Å². The fourth-order valence-electron chi connectivity index (χ4n) is 3.38. The Morgan fingerprint density at radius 2 is 2.23 bits per heavy atom. The molecule has 156 valence electrons. The van der Waals surface area contributed by atoms with Crippen LogP contribution in [0.25, 0.3) is 0 Å². The average Bonchev–Trinajstić information content (AvgIpc) is 3.09. The summed E-state index contributed by atoms with van der Waals surface area (Å²) in [6.07, 6.45) is 1.57. The van der Waals surface area contributed by atoms with Gasteiger partial charge < -0.3 is 14.6 Å². The summed E-state index contributed by atoms with van der Waals surface area (Å²) < 4.78 is 21.1. The number of rotatable bonds is 4. The number of morpholine rings is 1. The second kappa shape index (κ2) is 8.93. The molecule has 2 aliphatic rings. The predicted molar refractivity (Wildman–Crippen MR) is 115 cm³/mol. The first-order chi connectivity index (χ1) is 14.4. The van der Waals surface area contributed by atoms with Crippen LogP contribution >= 0.6 is 35.0 Å². The van der Waals surface area contributed by atoms with Crippen LogP contribution in [-0.2, 0) is 20.9 Å². The maximum absolute atomic E-state index is 13.3. The third kappa shape index (κ3) is 4.41. The summed E-state index contributed by atoms with van der Waals surface area (Å²) in [7, 11) is 0. The van der Waals surface area contributed by atoms with E-state index < -0.39 is 17.0 Å². The van der Waals surface area contributed by atoms with Gasteiger partial charge in [0.05, 0.1) is 56.4 Å². The number of halogens is 2.